The lowest BCUT2D eigenvalue weighted by Crippen LogP contribution is -2.40. The van der Waals surface area contributed by atoms with Gasteiger partial charge < -0.3 is 19.7 Å². The second-order valence-electron chi connectivity index (χ2n) is 6.01. The second-order valence-corrected chi connectivity index (χ2v) is 6.01. The van der Waals surface area contributed by atoms with Crippen LogP contribution in [0.15, 0.2) is 24.3 Å². The summed E-state index contributed by atoms with van der Waals surface area (Å²) in [5.74, 6) is 1.61. The molecule has 5 nitrogen and oxygen atoms in total. The number of benzene rings is 1. The molecule has 0 radical (unpaired) electrons. The molecule has 1 heterocycles. The first kappa shape index (κ1) is 20.7. The van der Waals surface area contributed by atoms with Gasteiger partial charge in [0.05, 0.1) is 6.61 Å². The minimum Gasteiger partial charge on any atom is -0.494 e. The number of methoxy groups -OCH3 is 1. The van der Waals surface area contributed by atoms with Gasteiger partial charge >= 0.3 is 0 Å². The second kappa shape index (κ2) is 11.3. The van der Waals surface area contributed by atoms with Crippen molar-refractivity contribution in [1.82, 2.24) is 10.2 Å². The molecule has 1 aliphatic rings. The van der Waals surface area contributed by atoms with Crippen molar-refractivity contribution in [3.05, 3.63) is 29.8 Å². The Kier molecular flexibility index (Phi) is 9.76. The largest absolute Gasteiger partial charge is 0.494 e. The van der Waals surface area contributed by atoms with Crippen molar-refractivity contribution in [2.45, 2.75) is 19.3 Å². The van der Waals surface area contributed by atoms with Gasteiger partial charge in [-0.15, -0.1) is 12.4 Å². The number of piperidine rings is 1. The average molecular weight is 357 g/mol. The predicted octanol–water partition coefficient (Wildman–Crippen LogP) is 2.60. The highest BCUT2D eigenvalue weighted by Gasteiger charge is 2.23. The van der Waals surface area contributed by atoms with Gasteiger partial charge in [-0.25, -0.2) is 0 Å². The Balaban J connectivity index is 0.00000288. The fraction of sp³-hybridized carbons (Fsp3) is 0.611. The Hall–Kier alpha value is -1.30. The fourth-order valence-corrected chi connectivity index (χ4v) is 2.90. The van der Waals surface area contributed by atoms with Crippen LogP contribution < -0.4 is 10.1 Å². The number of carbonyl (C=O) groups is 1. The van der Waals surface area contributed by atoms with Crippen LogP contribution in [0.4, 0.5) is 0 Å². The monoisotopic (exact) mass is 356 g/mol. The fourth-order valence-electron chi connectivity index (χ4n) is 2.90. The van der Waals surface area contributed by atoms with Gasteiger partial charge in [-0.3, -0.25) is 4.79 Å². The molecule has 0 spiro atoms. The molecule has 1 aliphatic heterocycles. The van der Waals surface area contributed by atoms with Crippen LogP contribution in [-0.2, 0) is 4.74 Å². The predicted molar refractivity (Wildman–Crippen MR) is 98.2 cm³/mol. The highest BCUT2D eigenvalue weighted by atomic mass is 35.5. The van der Waals surface area contributed by atoms with Crippen LogP contribution in [0.5, 0.6) is 5.75 Å². The van der Waals surface area contributed by atoms with Crippen molar-refractivity contribution in [3.8, 4) is 5.75 Å². The van der Waals surface area contributed by atoms with E-state index >= 15 is 0 Å². The maximum atomic E-state index is 12.5. The van der Waals surface area contributed by atoms with E-state index in [-0.39, 0.29) is 18.3 Å². The minimum absolute atomic E-state index is 0. The number of halogens is 1. The molecule has 1 N–H and O–H groups in total. The molecular weight excluding hydrogens is 328 g/mol. The summed E-state index contributed by atoms with van der Waals surface area (Å²) in [5.41, 5.74) is 0.737. The molecule has 0 aromatic heterocycles. The Morgan fingerprint density at radius 2 is 1.88 bits per heavy atom. The van der Waals surface area contributed by atoms with E-state index in [2.05, 4.69) is 5.32 Å². The van der Waals surface area contributed by atoms with Gasteiger partial charge in [-0.1, -0.05) is 0 Å². The van der Waals surface area contributed by atoms with Crippen molar-refractivity contribution in [1.29, 1.82) is 0 Å². The van der Waals surface area contributed by atoms with Crippen molar-refractivity contribution in [3.63, 3.8) is 0 Å². The Morgan fingerprint density at radius 1 is 1.21 bits per heavy atom. The summed E-state index contributed by atoms with van der Waals surface area (Å²) in [7, 11) is 3.67. The molecule has 1 aromatic rings. The molecule has 24 heavy (non-hydrogen) atoms. The molecule has 0 atom stereocenters. The summed E-state index contributed by atoms with van der Waals surface area (Å²) in [5, 5.41) is 3.22. The third kappa shape index (κ3) is 6.30. The molecule has 0 bridgehead atoms. The number of likely N-dealkylation sites (tertiary alicyclic amines) is 1. The zero-order chi connectivity index (χ0) is 16.5. The Bertz CT molecular complexity index is 474. The lowest BCUT2D eigenvalue weighted by atomic mass is 9.96. The van der Waals surface area contributed by atoms with E-state index in [4.69, 9.17) is 9.47 Å². The lowest BCUT2D eigenvalue weighted by Gasteiger charge is -2.32. The van der Waals surface area contributed by atoms with Crippen molar-refractivity contribution in [2.75, 3.05) is 47.0 Å². The molecular formula is C18H29ClN2O3. The Labute approximate surface area is 151 Å². The summed E-state index contributed by atoms with van der Waals surface area (Å²) in [6.45, 7) is 4.05. The number of rotatable bonds is 8. The summed E-state index contributed by atoms with van der Waals surface area (Å²) in [4.78, 5) is 14.5. The summed E-state index contributed by atoms with van der Waals surface area (Å²) >= 11 is 0. The summed E-state index contributed by atoms with van der Waals surface area (Å²) in [6.07, 6.45) is 3.01. The molecule has 0 aliphatic carbocycles. The van der Waals surface area contributed by atoms with Gasteiger partial charge in [0.2, 0.25) is 0 Å². The number of nitrogens with zero attached hydrogens (tertiary/aromatic N) is 1. The highest BCUT2D eigenvalue weighted by Crippen LogP contribution is 2.20. The SMILES string of the molecule is CNCC1CCN(C(=O)c2ccc(OCCCOC)cc2)CC1.Cl. The maximum absolute atomic E-state index is 12.5. The van der Waals surface area contributed by atoms with Gasteiger partial charge in [0, 0.05) is 38.8 Å². The normalized spacial score (nSPS) is 15.0. The van der Waals surface area contributed by atoms with Crippen LogP contribution >= 0.6 is 12.4 Å². The number of carbonyl (C=O) groups excluding carboxylic acids is 1. The smallest absolute Gasteiger partial charge is 0.253 e. The van der Waals surface area contributed by atoms with Crippen LogP contribution in [0.3, 0.4) is 0 Å². The first-order valence-corrected chi connectivity index (χ1v) is 8.40. The van der Waals surface area contributed by atoms with Crippen LogP contribution in [-0.4, -0.2) is 57.8 Å². The Morgan fingerprint density at radius 3 is 2.46 bits per heavy atom. The molecule has 6 heteroatoms. The van der Waals surface area contributed by atoms with Crippen LogP contribution in [0, 0.1) is 5.92 Å². The molecule has 0 unspecified atom stereocenters. The van der Waals surface area contributed by atoms with E-state index in [0.29, 0.717) is 19.1 Å². The van der Waals surface area contributed by atoms with Gasteiger partial charge in [0.25, 0.3) is 5.91 Å². The summed E-state index contributed by atoms with van der Waals surface area (Å²) in [6, 6.07) is 7.45. The van der Waals surface area contributed by atoms with Crippen LogP contribution in [0.25, 0.3) is 0 Å². The third-order valence-electron chi connectivity index (χ3n) is 4.26. The average Bonchev–Trinajstić information content (AvgIpc) is 2.60. The number of hydrogen-bond acceptors (Lipinski definition) is 4. The van der Waals surface area contributed by atoms with Gasteiger partial charge in [0.1, 0.15) is 5.75 Å². The van der Waals surface area contributed by atoms with Crippen molar-refractivity contribution < 1.29 is 14.3 Å². The van der Waals surface area contributed by atoms with Crippen LogP contribution in [0.2, 0.25) is 0 Å². The highest BCUT2D eigenvalue weighted by molar-refractivity contribution is 5.94. The zero-order valence-corrected chi connectivity index (χ0v) is 15.4. The van der Waals surface area contributed by atoms with E-state index in [1.54, 1.807) is 7.11 Å². The lowest BCUT2D eigenvalue weighted by molar-refractivity contribution is 0.0691. The maximum Gasteiger partial charge on any atom is 0.253 e. The number of hydrogen-bond donors (Lipinski definition) is 1. The van der Waals surface area contributed by atoms with E-state index in [0.717, 1.165) is 50.2 Å². The topological polar surface area (TPSA) is 50.8 Å². The molecule has 2 rings (SSSR count). The summed E-state index contributed by atoms with van der Waals surface area (Å²) < 4.78 is 10.6. The molecule has 136 valence electrons. The van der Waals surface area contributed by atoms with Crippen molar-refractivity contribution >= 4 is 18.3 Å². The number of amides is 1. The molecule has 1 saturated heterocycles. The first-order valence-electron chi connectivity index (χ1n) is 8.40. The van der Waals surface area contributed by atoms with E-state index in [1.807, 2.05) is 36.2 Å². The molecule has 1 amide bonds. The zero-order valence-electron chi connectivity index (χ0n) is 14.6. The molecule has 1 fully saturated rings. The molecule has 1 aromatic carbocycles. The third-order valence-corrected chi connectivity index (χ3v) is 4.26. The minimum atomic E-state index is 0. The van der Waals surface area contributed by atoms with E-state index in [9.17, 15) is 4.79 Å². The van der Waals surface area contributed by atoms with Gasteiger partial charge in [-0.2, -0.15) is 0 Å². The standard InChI is InChI=1S/C18H28N2O3.ClH/c1-19-14-15-8-10-20(11-9-15)18(21)16-4-6-17(7-5-16)23-13-3-12-22-2;/h4-7,15,19H,3,8-14H2,1-2H3;1H. The molecule has 0 saturated carbocycles. The van der Waals surface area contributed by atoms with Crippen molar-refractivity contribution in [2.24, 2.45) is 5.92 Å². The number of nitrogens with one attached hydrogen (secondary N) is 1. The number of ether oxygens (including phenoxy) is 2. The van der Waals surface area contributed by atoms with Gasteiger partial charge in [-0.05, 0) is 56.6 Å². The first-order chi connectivity index (χ1) is 11.2. The van der Waals surface area contributed by atoms with E-state index < -0.39 is 0 Å². The van der Waals surface area contributed by atoms with E-state index in [1.165, 1.54) is 0 Å². The quantitative estimate of drug-likeness (QED) is 0.727. The van der Waals surface area contributed by atoms with Crippen LogP contribution in [0.1, 0.15) is 29.6 Å². The van der Waals surface area contributed by atoms with Gasteiger partial charge in [0.15, 0.2) is 0 Å².